The summed E-state index contributed by atoms with van der Waals surface area (Å²) in [6.45, 7) is 4.08. The lowest BCUT2D eigenvalue weighted by molar-refractivity contribution is 0.580. The van der Waals surface area contributed by atoms with Crippen molar-refractivity contribution < 1.29 is 8.42 Å². The molecule has 1 aliphatic heterocycles. The van der Waals surface area contributed by atoms with Gasteiger partial charge in [-0.2, -0.15) is 8.42 Å². The Morgan fingerprint density at radius 2 is 1.88 bits per heavy atom. The summed E-state index contributed by atoms with van der Waals surface area (Å²) in [5.41, 5.74) is 1.84. The van der Waals surface area contributed by atoms with E-state index < -0.39 is 10.3 Å². The number of anilines is 1. The molecule has 0 saturated carbocycles. The Morgan fingerprint density at radius 1 is 1.25 bits per heavy atom. The Hall–Kier alpha value is -1.29. The van der Waals surface area contributed by atoms with Crippen LogP contribution in [-0.2, 0) is 10.3 Å². The Bertz CT molecular complexity index is 538. The van der Waals surface area contributed by atoms with E-state index in [4.69, 9.17) is 0 Å². The van der Waals surface area contributed by atoms with Crippen LogP contribution in [0, 0.1) is 5.92 Å². The number of likely N-dealkylation sites (N-methyl/N-ethyl adjacent to an activating group) is 1. The third kappa shape index (κ3) is 1.53. The zero-order chi connectivity index (χ0) is 11.9. The maximum atomic E-state index is 11.4. The minimum Gasteiger partial charge on any atom is -0.366 e. The van der Waals surface area contributed by atoms with Crippen LogP contribution in [0.2, 0.25) is 0 Å². The molecule has 16 heavy (non-hydrogen) atoms. The fourth-order valence-corrected chi connectivity index (χ4v) is 3.39. The van der Waals surface area contributed by atoms with Crippen LogP contribution in [0.15, 0.2) is 24.3 Å². The highest BCUT2D eigenvalue weighted by molar-refractivity contribution is 7.73. The van der Waals surface area contributed by atoms with Gasteiger partial charge in [-0.1, -0.05) is 32.0 Å². The molecule has 0 fully saturated rings. The lowest BCUT2D eigenvalue weighted by Gasteiger charge is -2.25. The van der Waals surface area contributed by atoms with Gasteiger partial charge >= 0.3 is 0 Å². The summed E-state index contributed by atoms with van der Waals surface area (Å²) in [6.07, 6.45) is 0. The SMILES string of the molecule is CC(C)C1C(=S(=O)=O)c2ccccc2N1C. The maximum Gasteiger partial charge on any atom is 0.220 e. The molecule has 2 rings (SSSR count). The van der Waals surface area contributed by atoms with Gasteiger partial charge in [0.25, 0.3) is 0 Å². The fourth-order valence-electron chi connectivity index (χ4n) is 2.41. The average Bonchev–Trinajstić information content (AvgIpc) is 2.53. The third-order valence-corrected chi connectivity index (χ3v) is 3.87. The molecule has 1 heterocycles. The van der Waals surface area contributed by atoms with Gasteiger partial charge in [0.2, 0.25) is 10.3 Å². The van der Waals surface area contributed by atoms with Crippen LogP contribution >= 0.6 is 0 Å². The second-order valence-corrected chi connectivity index (χ2v) is 5.33. The lowest BCUT2D eigenvalue weighted by Crippen LogP contribution is -2.37. The minimum absolute atomic E-state index is 0.0456. The van der Waals surface area contributed by atoms with E-state index in [2.05, 4.69) is 0 Å². The Labute approximate surface area is 97.2 Å². The van der Waals surface area contributed by atoms with E-state index in [1.807, 2.05) is 50.1 Å². The molecule has 1 atom stereocenters. The van der Waals surface area contributed by atoms with E-state index in [0.717, 1.165) is 11.3 Å². The first-order valence-electron chi connectivity index (χ1n) is 5.32. The van der Waals surface area contributed by atoms with Crippen LogP contribution in [0.1, 0.15) is 19.4 Å². The van der Waals surface area contributed by atoms with E-state index in [-0.39, 0.29) is 12.0 Å². The van der Waals surface area contributed by atoms with Crippen LogP contribution in [0.4, 0.5) is 5.69 Å². The molecule has 1 aromatic rings. The summed E-state index contributed by atoms with van der Waals surface area (Å²) in [5, 5.41) is 0. The summed E-state index contributed by atoms with van der Waals surface area (Å²) in [7, 11) is -0.201. The molecule has 86 valence electrons. The van der Waals surface area contributed by atoms with Gasteiger partial charge in [0.1, 0.15) is 4.86 Å². The van der Waals surface area contributed by atoms with Crippen molar-refractivity contribution >= 4 is 20.8 Å². The molecular weight excluding hydrogens is 222 g/mol. The van der Waals surface area contributed by atoms with Crippen molar-refractivity contribution in [2.75, 3.05) is 11.9 Å². The monoisotopic (exact) mass is 237 g/mol. The molecule has 3 nitrogen and oxygen atoms in total. The second kappa shape index (κ2) is 3.94. The zero-order valence-electron chi connectivity index (χ0n) is 9.64. The lowest BCUT2D eigenvalue weighted by atomic mass is 10.00. The summed E-state index contributed by atoms with van der Waals surface area (Å²) >= 11 is 0. The Morgan fingerprint density at radius 3 is 2.44 bits per heavy atom. The van der Waals surface area contributed by atoms with Crippen molar-refractivity contribution in [1.82, 2.24) is 0 Å². The maximum absolute atomic E-state index is 11.4. The Kier molecular flexibility index (Phi) is 2.76. The highest BCUT2D eigenvalue weighted by Gasteiger charge is 2.35. The minimum atomic E-state index is -2.15. The normalized spacial score (nSPS) is 19.1. The number of hydrogen-bond donors (Lipinski definition) is 0. The second-order valence-electron chi connectivity index (χ2n) is 4.42. The van der Waals surface area contributed by atoms with Crippen LogP contribution < -0.4 is 4.90 Å². The molecule has 0 saturated heterocycles. The van der Waals surface area contributed by atoms with Crippen LogP contribution in [-0.4, -0.2) is 26.4 Å². The predicted molar refractivity (Wildman–Crippen MR) is 66.5 cm³/mol. The standard InChI is InChI=1S/C12H15NO2S/c1-8(2)11-12(16(14)15)9-6-4-5-7-10(9)13(11)3/h4-8,11H,1-3H3. The largest absolute Gasteiger partial charge is 0.366 e. The summed E-state index contributed by atoms with van der Waals surface area (Å²) < 4.78 is 22.7. The van der Waals surface area contributed by atoms with Gasteiger partial charge in [0.05, 0.1) is 6.04 Å². The molecule has 0 bridgehead atoms. The van der Waals surface area contributed by atoms with Crippen molar-refractivity contribution in [2.45, 2.75) is 19.9 Å². The van der Waals surface area contributed by atoms with Crippen molar-refractivity contribution in [3.8, 4) is 0 Å². The topological polar surface area (TPSA) is 37.4 Å². The van der Waals surface area contributed by atoms with E-state index in [0.29, 0.717) is 4.86 Å². The van der Waals surface area contributed by atoms with E-state index in [1.165, 1.54) is 0 Å². The first-order valence-corrected chi connectivity index (χ1v) is 6.40. The van der Waals surface area contributed by atoms with E-state index in [9.17, 15) is 8.42 Å². The third-order valence-electron chi connectivity index (χ3n) is 3.05. The Balaban J connectivity index is 2.72. The van der Waals surface area contributed by atoms with Gasteiger partial charge in [-0.05, 0) is 12.0 Å². The predicted octanol–water partition coefficient (Wildman–Crippen LogP) is 1.56. The van der Waals surface area contributed by atoms with Crippen molar-refractivity contribution in [1.29, 1.82) is 0 Å². The summed E-state index contributed by atoms with van der Waals surface area (Å²) in [6, 6.07) is 7.60. The molecular formula is C12H15NO2S. The van der Waals surface area contributed by atoms with Gasteiger partial charge in [-0.15, -0.1) is 0 Å². The highest BCUT2D eigenvalue weighted by atomic mass is 32.2. The molecule has 0 aromatic heterocycles. The average molecular weight is 237 g/mol. The number of fused-ring (bicyclic) bond motifs is 1. The molecule has 0 amide bonds. The first kappa shape index (κ1) is 11.2. The summed E-state index contributed by atoms with van der Waals surface area (Å²) in [4.78, 5) is 2.57. The molecule has 0 radical (unpaired) electrons. The zero-order valence-corrected chi connectivity index (χ0v) is 10.5. The number of rotatable bonds is 1. The van der Waals surface area contributed by atoms with Gasteiger partial charge in [0, 0.05) is 18.3 Å². The van der Waals surface area contributed by atoms with Crippen molar-refractivity contribution in [3.63, 3.8) is 0 Å². The molecule has 0 spiro atoms. The van der Waals surface area contributed by atoms with Crippen LogP contribution in [0.5, 0.6) is 0 Å². The molecule has 1 aliphatic rings. The molecule has 0 N–H and O–H groups in total. The van der Waals surface area contributed by atoms with E-state index in [1.54, 1.807) is 0 Å². The number of nitrogens with zero attached hydrogens (tertiary/aromatic N) is 1. The molecule has 0 aliphatic carbocycles. The summed E-state index contributed by atoms with van der Waals surface area (Å²) in [5.74, 6) is 0.269. The number of hydrogen-bond acceptors (Lipinski definition) is 3. The first-order chi connectivity index (χ1) is 7.54. The highest BCUT2D eigenvalue weighted by Crippen LogP contribution is 2.33. The number of para-hydroxylation sites is 1. The smallest absolute Gasteiger partial charge is 0.220 e. The molecule has 1 aromatic carbocycles. The van der Waals surface area contributed by atoms with Crippen LogP contribution in [0.25, 0.3) is 0 Å². The van der Waals surface area contributed by atoms with E-state index >= 15 is 0 Å². The fraction of sp³-hybridized carbons (Fsp3) is 0.417. The number of benzene rings is 1. The van der Waals surface area contributed by atoms with Gasteiger partial charge in [-0.3, -0.25) is 0 Å². The van der Waals surface area contributed by atoms with Gasteiger partial charge in [-0.25, -0.2) is 0 Å². The van der Waals surface area contributed by atoms with Crippen molar-refractivity contribution in [2.24, 2.45) is 5.92 Å². The molecule has 4 heteroatoms. The van der Waals surface area contributed by atoms with Gasteiger partial charge in [0.15, 0.2) is 0 Å². The van der Waals surface area contributed by atoms with Crippen LogP contribution in [0.3, 0.4) is 0 Å². The quantitative estimate of drug-likeness (QED) is 0.696. The van der Waals surface area contributed by atoms with Gasteiger partial charge < -0.3 is 4.90 Å². The van der Waals surface area contributed by atoms with Crippen molar-refractivity contribution in [3.05, 3.63) is 29.8 Å². The molecule has 1 unspecified atom stereocenters.